The number of allylic oxidation sites excluding steroid dienone is 1. The number of methoxy groups -OCH3 is 1. The molecule has 0 spiro atoms. The standard InChI is InChI=1S/C25H32O10/c1-11(2)21(27)32-18-15(23(29)31-7)10-8-9-12(3)17(26)19-16(13(4)22(28)33-19)20(18)34-24(30)25(6)14(5)35-25/h10-11,14,16-20,26H,3-4,8-9H2,1-2,5-7H3/b15-10+/t14-,16+,17+,18+,19+,20+,25-/m1/s1. The lowest BCUT2D eigenvalue weighted by Crippen LogP contribution is -2.50. The monoisotopic (exact) mass is 492 g/mol. The van der Waals surface area contributed by atoms with Crippen LogP contribution in [0.4, 0.5) is 0 Å². The van der Waals surface area contributed by atoms with Gasteiger partial charge in [-0.05, 0) is 32.3 Å². The highest BCUT2D eigenvalue weighted by Crippen LogP contribution is 2.42. The maximum atomic E-state index is 13.1. The molecule has 0 amide bonds. The molecule has 0 saturated carbocycles. The summed E-state index contributed by atoms with van der Waals surface area (Å²) in [7, 11) is 1.16. The highest BCUT2D eigenvalue weighted by Gasteiger charge is 2.60. The van der Waals surface area contributed by atoms with Gasteiger partial charge in [0.1, 0.15) is 12.2 Å². The van der Waals surface area contributed by atoms with Crippen LogP contribution in [0.5, 0.6) is 0 Å². The molecule has 10 heteroatoms. The van der Waals surface area contributed by atoms with E-state index in [-0.39, 0.29) is 24.0 Å². The second kappa shape index (κ2) is 9.94. The van der Waals surface area contributed by atoms with E-state index in [9.17, 15) is 24.3 Å². The Bertz CT molecular complexity index is 979. The Kier molecular flexibility index (Phi) is 7.56. The summed E-state index contributed by atoms with van der Waals surface area (Å²) in [5.41, 5.74) is -1.11. The zero-order chi connectivity index (χ0) is 26.2. The molecule has 7 atom stereocenters. The molecule has 10 nitrogen and oxygen atoms in total. The Balaban J connectivity index is 2.19. The second-order valence-electron chi connectivity index (χ2n) is 9.46. The van der Waals surface area contributed by atoms with Crippen LogP contribution >= 0.6 is 0 Å². The summed E-state index contributed by atoms with van der Waals surface area (Å²) in [5, 5.41) is 10.9. The summed E-state index contributed by atoms with van der Waals surface area (Å²) in [6.45, 7) is 14.1. The van der Waals surface area contributed by atoms with Gasteiger partial charge in [0.2, 0.25) is 0 Å². The number of carbonyl (C=O) groups excluding carboxylic acids is 4. The van der Waals surface area contributed by atoms with Crippen LogP contribution in [0.25, 0.3) is 0 Å². The van der Waals surface area contributed by atoms with E-state index >= 15 is 0 Å². The number of epoxide rings is 1. The molecule has 0 aromatic carbocycles. The fraction of sp³-hybridized carbons (Fsp3) is 0.600. The Morgan fingerprint density at radius 1 is 1.23 bits per heavy atom. The molecule has 35 heavy (non-hydrogen) atoms. The molecule has 2 aliphatic heterocycles. The molecule has 0 aromatic rings. The topological polar surface area (TPSA) is 138 Å². The number of aliphatic hydroxyl groups is 1. The lowest BCUT2D eigenvalue weighted by molar-refractivity contribution is -0.178. The molecule has 1 N–H and O–H groups in total. The molecule has 1 aliphatic carbocycles. The number of carbonyl (C=O) groups is 4. The zero-order valence-electron chi connectivity index (χ0n) is 20.6. The third-order valence-electron chi connectivity index (χ3n) is 6.70. The third-order valence-corrected chi connectivity index (χ3v) is 6.70. The maximum Gasteiger partial charge on any atom is 0.341 e. The molecule has 2 heterocycles. The summed E-state index contributed by atoms with van der Waals surface area (Å²) >= 11 is 0. The van der Waals surface area contributed by atoms with Gasteiger partial charge >= 0.3 is 23.9 Å². The first-order chi connectivity index (χ1) is 16.3. The second-order valence-corrected chi connectivity index (χ2v) is 9.46. The smallest absolute Gasteiger partial charge is 0.341 e. The number of fused-ring (bicyclic) bond motifs is 1. The van der Waals surface area contributed by atoms with Crippen molar-refractivity contribution in [1.29, 1.82) is 0 Å². The van der Waals surface area contributed by atoms with Gasteiger partial charge in [-0.25, -0.2) is 14.4 Å². The van der Waals surface area contributed by atoms with Gasteiger partial charge in [-0.3, -0.25) is 4.79 Å². The zero-order valence-corrected chi connectivity index (χ0v) is 20.6. The van der Waals surface area contributed by atoms with Gasteiger partial charge in [0.05, 0.1) is 30.6 Å². The molecule has 0 unspecified atom stereocenters. The third kappa shape index (κ3) is 5.04. The predicted molar refractivity (Wildman–Crippen MR) is 121 cm³/mol. The van der Waals surface area contributed by atoms with E-state index in [0.29, 0.717) is 5.57 Å². The Morgan fingerprint density at radius 3 is 2.40 bits per heavy atom. The fourth-order valence-corrected chi connectivity index (χ4v) is 4.16. The minimum absolute atomic E-state index is 0.0793. The highest BCUT2D eigenvalue weighted by atomic mass is 16.7. The van der Waals surface area contributed by atoms with Gasteiger partial charge in [-0.2, -0.15) is 0 Å². The van der Waals surface area contributed by atoms with E-state index in [0.717, 1.165) is 7.11 Å². The van der Waals surface area contributed by atoms with Crippen LogP contribution in [-0.4, -0.2) is 72.2 Å². The molecule has 0 radical (unpaired) electrons. The first-order valence-corrected chi connectivity index (χ1v) is 11.5. The van der Waals surface area contributed by atoms with Gasteiger partial charge in [0, 0.05) is 5.57 Å². The van der Waals surface area contributed by atoms with Gasteiger partial charge in [-0.1, -0.05) is 33.1 Å². The quantitative estimate of drug-likeness (QED) is 0.198. The lowest BCUT2D eigenvalue weighted by atomic mass is 9.80. The molecular formula is C25H32O10. The fourth-order valence-electron chi connectivity index (χ4n) is 4.16. The van der Waals surface area contributed by atoms with Crippen LogP contribution in [0, 0.1) is 11.8 Å². The van der Waals surface area contributed by atoms with Crippen LogP contribution in [0.2, 0.25) is 0 Å². The van der Waals surface area contributed by atoms with Crippen LogP contribution in [-0.2, 0) is 42.9 Å². The molecule has 3 aliphatic rings. The molecule has 2 fully saturated rings. The van der Waals surface area contributed by atoms with E-state index < -0.39 is 71.8 Å². The van der Waals surface area contributed by atoms with E-state index in [1.165, 1.54) is 13.0 Å². The summed E-state index contributed by atoms with van der Waals surface area (Å²) < 4.78 is 27.3. The SMILES string of the molecule is C=C1C(=O)O[C@H]2[C@H]1[C@H](OC(=O)[C@]1(C)O[C@@H]1C)[C@@H](OC(=O)C(C)C)/C(C(=O)OC)=C\CCC(=C)[C@@H]2O. The number of hydrogen-bond donors (Lipinski definition) is 1. The van der Waals surface area contributed by atoms with E-state index in [2.05, 4.69) is 13.2 Å². The molecule has 2 saturated heterocycles. The van der Waals surface area contributed by atoms with Crippen molar-refractivity contribution in [3.8, 4) is 0 Å². The van der Waals surface area contributed by atoms with E-state index in [1.54, 1.807) is 20.8 Å². The molecule has 0 bridgehead atoms. The number of ether oxygens (including phenoxy) is 5. The van der Waals surface area contributed by atoms with Crippen LogP contribution < -0.4 is 0 Å². The van der Waals surface area contributed by atoms with Gasteiger partial charge < -0.3 is 28.8 Å². The average molecular weight is 493 g/mol. The molecule has 192 valence electrons. The van der Waals surface area contributed by atoms with Crippen molar-refractivity contribution in [1.82, 2.24) is 0 Å². The van der Waals surface area contributed by atoms with Crippen molar-refractivity contribution in [3.63, 3.8) is 0 Å². The highest BCUT2D eigenvalue weighted by molar-refractivity contribution is 5.93. The van der Waals surface area contributed by atoms with Gasteiger partial charge in [-0.15, -0.1) is 0 Å². The summed E-state index contributed by atoms with van der Waals surface area (Å²) in [5.74, 6) is -4.84. The van der Waals surface area contributed by atoms with Crippen molar-refractivity contribution < 1.29 is 48.0 Å². The Hall–Kier alpha value is -2.98. The first kappa shape index (κ1) is 26.6. The number of rotatable bonds is 5. The van der Waals surface area contributed by atoms with Crippen molar-refractivity contribution >= 4 is 23.9 Å². The maximum absolute atomic E-state index is 13.1. The van der Waals surface area contributed by atoms with Crippen molar-refractivity contribution in [3.05, 3.63) is 36.0 Å². The number of hydrogen-bond acceptors (Lipinski definition) is 10. The first-order valence-electron chi connectivity index (χ1n) is 11.5. The van der Waals surface area contributed by atoms with Crippen molar-refractivity contribution in [2.24, 2.45) is 11.8 Å². The summed E-state index contributed by atoms with van der Waals surface area (Å²) in [6.07, 6.45) is -3.97. The summed E-state index contributed by atoms with van der Waals surface area (Å²) in [6, 6.07) is 0. The van der Waals surface area contributed by atoms with Crippen LogP contribution in [0.3, 0.4) is 0 Å². The summed E-state index contributed by atoms with van der Waals surface area (Å²) in [4.78, 5) is 51.2. The molecular weight excluding hydrogens is 460 g/mol. The Labute approximate surface area is 203 Å². The minimum atomic E-state index is -1.48. The number of esters is 4. The average Bonchev–Trinajstić information content (AvgIpc) is 3.33. The van der Waals surface area contributed by atoms with Gasteiger partial charge in [0.25, 0.3) is 0 Å². The molecule has 3 rings (SSSR count). The van der Waals surface area contributed by atoms with Gasteiger partial charge in [0.15, 0.2) is 17.8 Å². The number of aliphatic hydroxyl groups excluding tert-OH is 1. The predicted octanol–water partition coefficient (Wildman–Crippen LogP) is 1.55. The minimum Gasteiger partial charge on any atom is -0.466 e. The van der Waals surface area contributed by atoms with Crippen molar-refractivity contribution in [2.75, 3.05) is 7.11 Å². The van der Waals surface area contributed by atoms with Crippen molar-refractivity contribution in [2.45, 2.75) is 76.7 Å². The van der Waals surface area contributed by atoms with E-state index in [1.807, 2.05) is 0 Å². The van der Waals surface area contributed by atoms with E-state index in [4.69, 9.17) is 23.7 Å². The Morgan fingerprint density at radius 2 is 1.86 bits per heavy atom. The van der Waals surface area contributed by atoms with Crippen LogP contribution in [0.15, 0.2) is 36.0 Å². The normalized spacial score (nSPS) is 36.4. The largest absolute Gasteiger partial charge is 0.466 e. The lowest BCUT2D eigenvalue weighted by Gasteiger charge is -2.36. The molecule has 0 aromatic heterocycles. The van der Waals surface area contributed by atoms with Crippen LogP contribution in [0.1, 0.15) is 40.5 Å².